The zero-order valence-electron chi connectivity index (χ0n) is 10.7. The predicted octanol–water partition coefficient (Wildman–Crippen LogP) is 1.91. The monoisotopic (exact) mass is 244 g/mol. The molecule has 1 heterocycles. The molecule has 1 saturated carbocycles. The van der Waals surface area contributed by atoms with E-state index in [1.807, 2.05) is 24.5 Å². The summed E-state index contributed by atoms with van der Waals surface area (Å²) in [5.74, 6) is 0.866. The molecule has 1 N–H and O–H groups in total. The van der Waals surface area contributed by atoms with Gasteiger partial charge in [-0.3, -0.25) is 4.98 Å². The minimum atomic E-state index is 0.699. The van der Waals surface area contributed by atoms with Crippen molar-refractivity contribution >= 4 is 5.82 Å². The zero-order chi connectivity index (χ0) is 12.8. The van der Waals surface area contributed by atoms with Crippen molar-refractivity contribution in [2.45, 2.75) is 25.4 Å². The summed E-state index contributed by atoms with van der Waals surface area (Å²) in [6, 6.07) is 0.699. The third-order valence-electron chi connectivity index (χ3n) is 2.86. The third kappa shape index (κ3) is 3.67. The Hall–Kier alpha value is -1.68. The quantitative estimate of drug-likeness (QED) is 0.709. The maximum atomic E-state index is 4.44. The lowest BCUT2D eigenvalue weighted by atomic mass is 10.4. The number of hydrogen-bond donors (Lipinski definition) is 1. The molecule has 0 spiro atoms. The summed E-state index contributed by atoms with van der Waals surface area (Å²) < 4.78 is 0. The molecule has 0 radical (unpaired) electrons. The standard InChI is InChI=1S/C14H20N4/c1-3-7-18(8-4-2)14-11-16-13(10-17-14)9-15-12-5-6-12/h3-4,10-12,15H,1-2,5-9H2. The van der Waals surface area contributed by atoms with Crippen molar-refractivity contribution in [2.24, 2.45) is 0 Å². The molecule has 0 aliphatic heterocycles. The van der Waals surface area contributed by atoms with Crippen LogP contribution in [0.25, 0.3) is 0 Å². The molecule has 0 bridgehead atoms. The lowest BCUT2D eigenvalue weighted by Gasteiger charge is -2.19. The molecule has 1 aliphatic rings. The van der Waals surface area contributed by atoms with Crippen molar-refractivity contribution in [3.8, 4) is 0 Å². The van der Waals surface area contributed by atoms with Crippen LogP contribution < -0.4 is 10.2 Å². The Balaban J connectivity index is 1.94. The van der Waals surface area contributed by atoms with Crippen LogP contribution >= 0.6 is 0 Å². The Morgan fingerprint density at radius 3 is 2.44 bits per heavy atom. The molecule has 0 amide bonds. The molecule has 2 rings (SSSR count). The van der Waals surface area contributed by atoms with E-state index < -0.39 is 0 Å². The van der Waals surface area contributed by atoms with Gasteiger partial charge in [-0.1, -0.05) is 12.2 Å². The van der Waals surface area contributed by atoms with E-state index in [0.29, 0.717) is 6.04 Å². The van der Waals surface area contributed by atoms with E-state index in [4.69, 9.17) is 0 Å². The minimum absolute atomic E-state index is 0.699. The molecule has 0 aromatic carbocycles. The normalized spacial score (nSPS) is 14.2. The van der Waals surface area contributed by atoms with Crippen molar-refractivity contribution in [2.75, 3.05) is 18.0 Å². The minimum Gasteiger partial charge on any atom is -0.348 e. The van der Waals surface area contributed by atoms with E-state index in [2.05, 4.69) is 33.3 Å². The smallest absolute Gasteiger partial charge is 0.147 e. The number of aromatic nitrogens is 2. The van der Waals surface area contributed by atoms with E-state index in [-0.39, 0.29) is 0 Å². The van der Waals surface area contributed by atoms with Gasteiger partial charge < -0.3 is 10.2 Å². The molecule has 0 atom stereocenters. The van der Waals surface area contributed by atoms with Gasteiger partial charge in [0.2, 0.25) is 0 Å². The second-order valence-corrected chi connectivity index (χ2v) is 4.50. The van der Waals surface area contributed by atoms with Crippen LogP contribution in [0.2, 0.25) is 0 Å². The van der Waals surface area contributed by atoms with Gasteiger partial charge in [-0.05, 0) is 12.8 Å². The van der Waals surface area contributed by atoms with Gasteiger partial charge in [-0.15, -0.1) is 13.2 Å². The van der Waals surface area contributed by atoms with Crippen LogP contribution in [-0.2, 0) is 6.54 Å². The fourth-order valence-electron chi connectivity index (χ4n) is 1.71. The molecule has 1 aromatic rings. The lowest BCUT2D eigenvalue weighted by Crippen LogP contribution is -2.24. The number of rotatable bonds is 8. The Kier molecular flexibility index (Phi) is 4.47. The summed E-state index contributed by atoms with van der Waals surface area (Å²) in [4.78, 5) is 10.9. The number of nitrogens with one attached hydrogen (secondary N) is 1. The van der Waals surface area contributed by atoms with Crippen molar-refractivity contribution < 1.29 is 0 Å². The molecule has 0 saturated heterocycles. The van der Waals surface area contributed by atoms with Crippen LogP contribution in [0.5, 0.6) is 0 Å². The van der Waals surface area contributed by atoms with Gasteiger partial charge in [-0.25, -0.2) is 4.98 Å². The van der Waals surface area contributed by atoms with E-state index >= 15 is 0 Å². The Labute approximate surface area is 108 Å². The van der Waals surface area contributed by atoms with Crippen LogP contribution in [0.3, 0.4) is 0 Å². The first-order chi connectivity index (χ1) is 8.83. The maximum absolute atomic E-state index is 4.44. The number of nitrogens with zero attached hydrogens (tertiary/aromatic N) is 3. The van der Waals surface area contributed by atoms with Crippen LogP contribution in [0.15, 0.2) is 37.7 Å². The molecular formula is C14H20N4. The number of hydrogen-bond acceptors (Lipinski definition) is 4. The molecule has 18 heavy (non-hydrogen) atoms. The highest BCUT2D eigenvalue weighted by molar-refractivity contribution is 5.37. The SMILES string of the molecule is C=CCN(CC=C)c1cnc(CNC2CC2)cn1. The Morgan fingerprint density at radius 2 is 1.94 bits per heavy atom. The number of anilines is 1. The van der Waals surface area contributed by atoms with Crippen LogP contribution in [0, 0.1) is 0 Å². The van der Waals surface area contributed by atoms with E-state index in [0.717, 1.165) is 31.1 Å². The van der Waals surface area contributed by atoms with E-state index in [1.165, 1.54) is 12.8 Å². The summed E-state index contributed by atoms with van der Waals surface area (Å²) in [7, 11) is 0. The van der Waals surface area contributed by atoms with Crippen LogP contribution in [0.4, 0.5) is 5.82 Å². The van der Waals surface area contributed by atoms with Gasteiger partial charge in [0.15, 0.2) is 0 Å². The highest BCUT2D eigenvalue weighted by atomic mass is 15.2. The van der Waals surface area contributed by atoms with E-state index in [9.17, 15) is 0 Å². The summed E-state index contributed by atoms with van der Waals surface area (Å²) >= 11 is 0. The Morgan fingerprint density at radius 1 is 1.22 bits per heavy atom. The van der Waals surface area contributed by atoms with Gasteiger partial charge in [0.1, 0.15) is 5.82 Å². The van der Waals surface area contributed by atoms with Gasteiger partial charge in [0.05, 0.1) is 18.1 Å². The zero-order valence-corrected chi connectivity index (χ0v) is 10.7. The highest BCUT2D eigenvalue weighted by Crippen LogP contribution is 2.19. The Bertz CT molecular complexity index is 385. The fourth-order valence-corrected chi connectivity index (χ4v) is 1.71. The summed E-state index contributed by atoms with van der Waals surface area (Å²) in [5, 5.41) is 3.42. The first-order valence-corrected chi connectivity index (χ1v) is 6.34. The first-order valence-electron chi connectivity index (χ1n) is 6.34. The predicted molar refractivity (Wildman–Crippen MR) is 74.5 cm³/mol. The molecular weight excluding hydrogens is 224 g/mol. The average molecular weight is 244 g/mol. The van der Waals surface area contributed by atoms with Crippen molar-refractivity contribution in [1.82, 2.24) is 15.3 Å². The first kappa shape index (κ1) is 12.8. The van der Waals surface area contributed by atoms with Crippen LogP contribution in [-0.4, -0.2) is 29.1 Å². The lowest BCUT2D eigenvalue weighted by molar-refractivity contribution is 0.671. The van der Waals surface area contributed by atoms with Gasteiger partial charge in [0.25, 0.3) is 0 Å². The van der Waals surface area contributed by atoms with Crippen molar-refractivity contribution in [3.63, 3.8) is 0 Å². The molecule has 4 nitrogen and oxygen atoms in total. The van der Waals surface area contributed by atoms with Gasteiger partial charge in [0, 0.05) is 25.7 Å². The van der Waals surface area contributed by atoms with Crippen molar-refractivity contribution in [3.05, 3.63) is 43.4 Å². The van der Waals surface area contributed by atoms with Gasteiger partial charge >= 0.3 is 0 Å². The maximum Gasteiger partial charge on any atom is 0.147 e. The van der Waals surface area contributed by atoms with E-state index in [1.54, 1.807) is 0 Å². The van der Waals surface area contributed by atoms with Crippen molar-refractivity contribution in [1.29, 1.82) is 0 Å². The molecule has 4 heteroatoms. The summed E-state index contributed by atoms with van der Waals surface area (Å²) in [6.45, 7) is 9.80. The summed E-state index contributed by atoms with van der Waals surface area (Å²) in [6.07, 6.45) is 9.94. The van der Waals surface area contributed by atoms with Crippen LogP contribution in [0.1, 0.15) is 18.5 Å². The molecule has 1 aromatic heterocycles. The second kappa shape index (κ2) is 6.31. The molecule has 1 aliphatic carbocycles. The summed E-state index contributed by atoms with van der Waals surface area (Å²) in [5.41, 5.74) is 0.989. The molecule has 96 valence electrons. The molecule has 0 unspecified atom stereocenters. The third-order valence-corrected chi connectivity index (χ3v) is 2.86. The largest absolute Gasteiger partial charge is 0.348 e. The topological polar surface area (TPSA) is 41.1 Å². The van der Waals surface area contributed by atoms with Gasteiger partial charge in [-0.2, -0.15) is 0 Å². The average Bonchev–Trinajstić information content (AvgIpc) is 3.21. The fraction of sp³-hybridized carbons (Fsp3) is 0.429. The molecule has 1 fully saturated rings. The highest BCUT2D eigenvalue weighted by Gasteiger charge is 2.20. The second-order valence-electron chi connectivity index (χ2n) is 4.50.